The van der Waals surface area contributed by atoms with Crippen LogP contribution in [0.5, 0.6) is 0 Å². The molecule has 2 N–H and O–H groups in total. The van der Waals surface area contributed by atoms with Crippen molar-refractivity contribution >= 4 is 11.9 Å². The molecule has 0 aliphatic rings. The SMILES string of the molecule is CCCCCCCCCCCN[C@@H](C)C(=O)NCC(=O)[O-].[Na+]. The van der Waals surface area contributed by atoms with E-state index < -0.39 is 12.5 Å². The van der Waals surface area contributed by atoms with Crippen LogP contribution >= 0.6 is 0 Å². The molecule has 0 aliphatic heterocycles. The molecule has 0 aliphatic carbocycles. The normalized spacial score (nSPS) is 11.5. The van der Waals surface area contributed by atoms with Gasteiger partial charge in [0.15, 0.2) is 0 Å². The van der Waals surface area contributed by atoms with Crippen molar-refractivity contribution in [2.75, 3.05) is 13.1 Å². The molecular formula is C16H31N2NaO3. The van der Waals surface area contributed by atoms with Crippen molar-refractivity contribution in [1.82, 2.24) is 10.6 Å². The summed E-state index contributed by atoms with van der Waals surface area (Å²) in [5.41, 5.74) is 0. The maximum Gasteiger partial charge on any atom is 1.00 e. The number of nitrogens with one attached hydrogen (secondary N) is 2. The summed E-state index contributed by atoms with van der Waals surface area (Å²) in [6, 6.07) is -0.363. The number of aliphatic carboxylic acids is 1. The van der Waals surface area contributed by atoms with Crippen molar-refractivity contribution in [3.05, 3.63) is 0 Å². The smallest absolute Gasteiger partial charge is 0.548 e. The monoisotopic (exact) mass is 322 g/mol. The zero-order valence-electron chi connectivity index (χ0n) is 14.6. The Morgan fingerprint density at radius 3 is 1.95 bits per heavy atom. The van der Waals surface area contributed by atoms with Crippen LogP contribution in [-0.4, -0.2) is 31.0 Å². The van der Waals surface area contributed by atoms with Crippen LogP contribution in [0.1, 0.15) is 71.6 Å². The fourth-order valence-corrected chi connectivity index (χ4v) is 2.16. The Hall–Kier alpha value is -0.100. The first kappa shape index (κ1) is 24.2. The van der Waals surface area contributed by atoms with Gasteiger partial charge in [-0.15, -0.1) is 0 Å². The van der Waals surface area contributed by atoms with Crippen LogP contribution in [0, 0.1) is 0 Å². The van der Waals surface area contributed by atoms with Gasteiger partial charge in [-0.1, -0.05) is 58.3 Å². The molecule has 0 aromatic carbocycles. The van der Waals surface area contributed by atoms with E-state index in [1.807, 2.05) is 0 Å². The number of carboxylic acid groups (broad SMARTS) is 1. The van der Waals surface area contributed by atoms with E-state index >= 15 is 0 Å². The molecule has 0 aromatic heterocycles. The van der Waals surface area contributed by atoms with E-state index in [9.17, 15) is 14.7 Å². The molecule has 0 bridgehead atoms. The molecule has 0 saturated carbocycles. The molecule has 22 heavy (non-hydrogen) atoms. The number of amides is 1. The summed E-state index contributed by atoms with van der Waals surface area (Å²) >= 11 is 0. The van der Waals surface area contributed by atoms with Crippen molar-refractivity contribution in [3.8, 4) is 0 Å². The molecule has 0 aromatic rings. The largest absolute Gasteiger partial charge is 1.00 e. The fraction of sp³-hybridized carbons (Fsp3) is 0.875. The minimum absolute atomic E-state index is 0. The average molecular weight is 322 g/mol. The molecule has 6 heteroatoms. The molecule has 5 nitrogen and oxygen atoms in total. The van der Waals surface area contributed by atoms with Gasteiger partial charge in [0, 0.05) is 0 Å². The summed E-state index contributed by atoms with van der Waals surface area (Å²) in [5, 5.41) is 15.6. The molecule has 1 amide bonds. The Morgan fingerprint density at radius 1 is 0.955 bits per heavy atom. The Labute approximate surface area is 157 Å². The van der Waals surface area contributed by atoms with Crippen molar-refractivity contribution in [1.29, 1.82) is 0 Å². The number of carboxylic acids is 1. The Morgan fingerprint density at radius 2 is 1.45 bits per heavy atom. The minimum Gasteiger partial charge on any atom is -0.548 e. The van der Waals surface area contributed by atoms with Crippen molar-refractivity contribution in [2.24, 2.45) is 0 Å². The van der Waals surface area contributed by atoms with E-state index in [0.717, 1.165) is 13.0 Å². The molecule has 0 saturated heterocycles. The number of carbonyl (C=O) groups is 2. The van der Waals surface area contributed by atoms with Crippen LogP contribution in [0.15, 0.2) is 0 Å². The van der Waals surface area contributed by atoms with Gasteiger partial charge in [0.05, 0.1) is 18.6 Å². The van der Waals surface area contributed by atoms with Crippen LogP contribution in [0.4, 0.5) is 0 Å². The Balaban J connectivity index is 0. The molecule has 0 heterocycles. The average Bonchev–Trinajstić information content (AvgIpc) is 2.46. The fourth-order valence-electron chi connectivity index (χ4n) is 2.16. The maximum atomic E-state index is 11.5. The number of hydrogen-bond donors (Lipinski definition) is 2. The van der Waals surface area contributed by atoms with E-state index in [1.165, 1.54) is 51.4 Å². The van der Waals surface area contributed by atoms with Crippen LogP contribution in [0.2, 0.25) is 0 Å². The minimum atomic E-state index is -1.27. The van der Waals surface area contributed by atoms with E-state index in [-0.39, 0.29) is 41.5 Å². The van der Waals surface area contributed by atoms with Crippen LogP contribution in [0.25, 0.3) is 0 Å². The predicted molar refractivity (Wildman–Crippen MR) is 82.7 cm³/mol. The third-order valence-electron chi connectivity index (χ3n) is 3.53. The molecule has 0 fully saturated rings. The third kappa shape index (κ3) is 16.3. The first-order valence-electron chi connectivity index (χ1n) is 8.28. The summed E-state index contributed by atoms with van der Waals surface area (Å²) in [5.74, 6) is -1.57. The van der Waals surface area contributed by atoms with Gasteiger partial charge in [0.2, 0.25) is 5.91 Å². The van der Waals surface area contributed by atoms with Crippen LogP contribution in [0.3, 0.4) is 0 Å². The van der Waals surface area contributed by atoms with E-state index in [1.54, 1.807) is 6.92 Å². The number of unbranched alkanes of at least 4 members (excludes halogenated alkanes) is 8. The van der Waals surface area contributed by atoms with Gasteiger partial charge >= 0.3 is 29.6 Å². The van der Waals surface area contributed by atoms with Gasteiger partial charge in [0.1, 0.15) is 0 Å². The third-order valence-corrected chi connectivity index (χ3v) is 3.53. The van der Waals surface area contributed by atoms with E-state index in [0.29, 0.717) is 0 Å². The molecule has 1 atom stereocenters. The number of hydrogen-bond acceptors (Lipinski definition) is 4. The second kappa shape index (κ2) is 17.3. The zero-order chi connectivity index (χ0) is 15.9. The summed E-state index contributed by atoms with van der Waals surface area (Å²) in [6.07, 6.45) is 11.4. The quantitative estimate of drug-likeness (QED) is 0.297. The number of rotatable bonds is 14. The van der Waals surface area contributed by atoms with E-state index in [4.69, 9.17) is 0 Å². The summed E-state index contributed by atoms with van der Waals surface area (Å²) < 4.78 is 0. The van der Waals surface area contributed by atoms with Gasteiger partial charge in [-0.25, -0.2) is 0 Å². The van der Waals surface area contributed by atoms with Crippen molar-refractivity contribution in [2.45, 2.75) is 77.7 Å². The van der Waals surface area contributed by atoms with Crippen LogP contribution < -0.4 is 45.3 Å². The summed E-state index contributed by atoms with van der Waals surface area (Å²) in [7, 11) is 0. The van der Waals surface area contributed by atoms with Crippen molar-refractivity contribution < 1.29 is 44.3 Å². The Kier molecular flexibility index (Phi) is 18.9. The molecule has 124 valence electrons. The summed E-state index contributed by atoms with van der Waals surface area (Å²) in [4.78, 5) is 21.7. The van der Waals surface area contributed by atoms with Gasteiger partial charge in [-0.3, -0.25) is 4.79 Å². The molecular weight excluding hydrogens is 291 g/mol. The zero-order valence-corrected chi connectivity index (χ0v) is 16.6. The molecule has 0 rings (SSSR count). The molecule has 0 radical (unpaired) electrons. The van der Waals surface area contributed by atoms with Gasteiger partial charge in [0.25, 0.3) is 0 Å². The first-order valence-corrected chi connectivity index (χ1v) is 8.28. The topological polar surface area (TPSA) is 81.3 Å². The van der Waals surface area contributed by atoms with Gasteiger partial charge in [-0.2, -0.15) is 0 Å². The number of carbonyl (C=O) groups excluding carboxylic acids is 2. The molecule has 0 unspecified atom stereocenters. The standard InChI is InChI=1S/C16H32N2O3.Na/c1-3-4-5-6-7-8-9-10-11-12-17-14(2)16(21)18-13-15(19)20;/h14,17H,3-13H2,1-2H3,(H,18,21)(H,19,20);/q;+1/p-1/t14-;/m0./s1. The van der Waals surface area contributed by atoms with Gasteiger partial charge in [-0.05, 0) is 19.9 Å². The van der Waals surface area contributed by atoms with Crippen molar-refractivity contribution in [3.63, 3.8) is 0 Å². The predicted octanol–water partition coefficient (Wildman–Crippen LogP) is -1.63. The Bertz CT molecular complexity index is 289. The second-order valence-electron chi connectivity index (χ2n) is 5.59. The first-order chi connectivity index (χ1) is 10.1. The maximum absolute atomic E-state index is 11.5. The summed E-state index contributed by atoms with van der Waals surface area (Å²) in [6.45, 7) is 4.32. The molecule has 0 spiro atoms. The van der Waals surface area contributed by atoms with Crippen LogP contribution in [-0.2, 0) is 9.59 Å². The second-order valence-corrected chi connectivity index (χ2v) is 5.59. The van der Waals surface area contributed by atoms with Gasteiger partial charge < -0.3 is 20.5 Å². The van der Waals surface area contributed by atoms with E-state index in [2.05, 4.69) is 17.6 Å².